The van der Waals surface area contributed by atoms with Gasteiger partial charge in [0, 0.05) is 11.1 Å². The van der Waals surface area contributed by atoms with Crippen LogP contribution >= 0.6 is 11.6 Å². The van der Waals surface area contributed by atoms with E-state index in [0.29, 0.717) is 21.7 Å². The van der Waals surface area contributed by atoms with Gasteiger partial charge in [-0.3, -0.25) is 4.79 Å². The van der Waals surface area contributed by atoms with Crippen LogP contribution in [0.5, 0.6) is 0 Å². The van der Waals surface area contributed by atoms with Crippen LogP contribution in [0.3, 0.4) is 0 Å². The standard InChI is InChI=1S/C14H8ClNO/c15-13-7-6-10(9-16)8-12(13)14(17)11-4-2-1-3-5-11/h1-8H. The third-order valence-corrected chi connectivity index (χ3v) is 2.71. The first-order chi connectivity index (χ1) is 8.22. The predicted octanol–water partition coefficient (Wildman–Crippen LogP) is 3.44. The Balaban J connectivity index is 2.48. The fourth-order valence-corrected chi connectivity index (χ4v) is 1.72. The summed E-state index contributed by atoms with van der Waals surface area (Å²) in [5, 5.41) is 9.16. The maximum absolute atomic E-state index is 12.1. The average Bonchev–Trinajstić information content (AvgIpc) is 2.39. The van der Waals surface area contributed by atoms with Crippen molar-refractivity contribution in [3.8, 4) is 6.07 Å². The third kappa shape index (κ3) is 2.35. The zero-order valence-electron chi connectivity index (χ0n) is 8.85. The Kier molecular flexibility index (Phi) is 3.22. The Hall–Kier alpha value is -2.11. The molecule has 0 atom stereocenters. The summed E-state index contributed by atoms with van der Waals surface area (Å²) in [5.74, 6) is -0.173. The first-order valence-corrected chi connectivity index (χ1v) is 5.39. The highest BCUT2D eigenvalue weighted by Crippen LogP contribution is 2.20. The smallest absolute Gasteiger partial charge is 0.194 e. The van der Waals surface area contributed by atoms with Crippen LogP contribution < -0.4 is 0 Å². The van der Waals surface area contributed by atoms with Gasteiger partial charge in [-0.1, -0.05) is 41.9 Å². The Morgan fingerprint density at radius 1 is 1.12 bits per heavy atom. The number of carbonyl (C=O) groups excluding carboxylic acids is 1. The van der Waals surface area contributed by atoms with E-state index in [1.165, 1.54) is 6.07 Å². The van der Waals surface area contributed by atoms with Gasteiger partial charge in [0.25, 0.3) is 0 Å². The minimum Gasteiger partial charge on any atom is -0.289 e. The summed E-state index contributed by atoms with van der Waals surface area (Å²) in [6.07, 6.45) is 0. The van der Waals surface area contributed by atoms with Crippen molar-refractivity contribution >= 4 is 17.4 Å². The molecule has 17 heavy (non-hydrogen) atoms. The number of nitriles is 1. The molecule has 0 heterocycles. The zero-order valence-corrected chi connectivity index (χ0v) is 9.61. The molecule has 0 saturated heterocycles. The van der Waals surface area contributed by atoms with Gasteiger partial charge in [-0.15, -0.1) is 0 Å². The molecule has 0 unspecified atom stereocenters. The van der Waals surface area contributed by atoms with E-state index in [4.69, 9.17) is 16.9 Å². The number of hydrogen-bond acceptors (Lipinski definition) is 2. The molecule has 0 fully saturated rings. The van der Waals surface area contributed by atoms with E-state index in [0.717, 1.165) is 0 Å². The normalized spacial score (nSPS) is 9.65. The van der Waals surface area contributed by atoms with Crippen molar-refractivity contribution < 1.29 is 4.79 Å². The molecular weight excluding hydrogens is 234 g/mol. The second-order valence-electron chi connectivity index (χ2n) is 3.50. The highest BCUT2D eigenvalue weighted by Gasteiger charge is 2.13. The largest absolute Gasteiger partial charge is 0.289 e. The summed E-state index contributed by atoms with van der Waals surface area (Å²) in [7, 11) is 0. The predicted molar refractivity (Wildman–Crippen MR) is 66.0 cm³/mol. The lowest BCUT2D eigenvalue weighted by Gasteiger charge is -2.03. The third-order valence-electron chi connectivity index (χ3n) is 2.38. The number of halogens is 1. The Morgan fingerprint density at radius 2 is 1.82 bits per heavy atom. The maximum Gasteiger partial charge on any atom is 0.194 e. The van der Waals surface area contributed by atoms with E-state index in [9.17, 15) is 4.79 Å². The molecule has 0 bridgehead atoms. The van der Waals surface area contributed by atoms with E-state index in [1.807, 2.05) is 12.1 Å². The molecule has 0 N–H and O–H groups in total. The number of hydrogen-bond donors (Lipinski definition) is 0. The van der Waals surface area contributed by atoms with Crippen LogP contribution in [0.1, 0.15) is 21.5 Å². The molecule has 2 rings (SSSR count). The van der Waals surface area contributed by atoms with Crippen LogP contribution in [0, 0.1) is 11.3 Å². The minimum absolute atomic E-state index is 0.173. The van der Waals surface area contributed by atoms with E-state index in [2.05, 4.69) is 0 Å². The molecule has 0 radical (unpaired) electrons. The van der Waals surface area contributed by atoms with Crippen molar-refractivity contribution in [2.24, 2.45) is 0 Å². The van der Waals surface area contributed by atoms with Crippen molar-refractivity contribution in [3.63, 3.8) is 0 Å². The highest BCUT2D eigenvalue weighted by atomic mass is 35.5. The molecule has 0 aliphatic carbocycles. The molecule has 0 spiro atoms. The van der Waals surface area contributed by atoms with Gasteiger partial charge in [-0.25, -0.2) is 0 Å². The van der Waals surface area contributed by atoms with Gasteiger partial charge >= 0.3 is 0 Å². The van der Waals surface area contributed by atoms with Crippen LogP contribution in [0.15, 0.2) is 48.5 Å². The topological polar surface area (TPSA) is 40.9 Å². The average molecular weight is 242 g/mol. The van der Waals surface area contributed by atoms with Gasteiger partial charge in [0.05, 0.1) is 16.7 Å². The SMILES string of the molecule is N#Cc1ccc(Cl)c(C(=O)c2ccccc2)c1. The number of nitrogens with zero attached hydrogens (tertiary/aromatic N) is 1. The van der Waals surface area contributed by atoms with E-state index < -0.39 is 0 Å². The minimum atomic E-state index is -0.173. The number of benzene rings is 2. The summed E-state index contributed by atoms with van der Waals surface area (Å²) in [6.45, 7) is 0. The Morgan fingerprint density at radius 3 is 2.47 bits per heavy atom. The van der Waals surface area contributed by atoms with E-state index >= 15 is 0 Å². The monoisotopic (exact) mass is 241 g/mol. The molecule has 0 aliphatic rings. The summed E-state index contributed by atoms with van der Waals surface area (Å²) in [4.78, 5) is 12.1. The van der Waals surface area contributed by atoms with Crippen molar-refractivity contribution in [2.75, 3.05) is 0 Å². The Labute approximate surface area is 104 Å². The van der Waals surface area contributed by atoms with Crippen molar-refractivity contribution in [2.45, 2.75) is 0 Å². The number of rotatable bonds is 2. The van der Waals surface area contributed by atoms with Crippen LogP contribution in [-0.4, -0.2) is 5.78 Å². The van der Waals surface area contributed by atoms with Crippen LogP contribution in [0.4, 0.5) is 0 Å². The molecule has 0 aromatic heterocycles. The van der Waals surface area contributed by atoms with Gasteiger partial charge in [-0.2, -0.15) is 5.26 Å². The zero-order chi connectivity index (χ0) is 12.3. The second kappa shape index (κ2) is 4.82. The molecule has 82 valence electrons. The van der Waals surface area contributed by atoms with Gasteiger partial charge in [-0.05, 0) is 18.2 Å². The van der Waals surface area contributed by atoms with Gasteiger partial charge in [0.1, 0.15) is 0 Å². The second-order valence-corrected chi connectivity index (χ2v) is 3.91. The first kappa shape index (κ1) is 11.4. The van der Waals surface area contributed by atoms with Gasteiger partial charge in [0.15, 0.2) is 5.78 Å². The van der Waals surface area contributed by atoms with Crippen LogP contribution in [0.2, 0.25) is 5.02 Å². The van der Waals surface area contributed by atoms with Crippen molar-refractivity contribution in [1.82, 2.24) is 0 Å². The summed E-state index contributed by atoms with van der Waals surface area (Å²) >= 11 is 5.97. The molecule has 2 nitrogen and oxygen atoms in total. The molecule has 0 saturated carbocycles. The van der Waals surface area contributed by atoms with E-state index in [1.54, 1.807) is 36.4 Å². The molecule has 0 amide bonds. The van der Waals surface area contributed by atoms with Crippen LogP contribution in [-0.2, 0) is 0 Å². The maximum atomic E-state index is 12.1. The molecule has 2 aromatic rings. The van der Waals surface area contributed by atoms with Gasteiger partial charge < -0.3 is 0 Å². The van der Waals surface area contributed by atoms with Crippen molar-refractivity contribution in [1.29, 1.82) is 5.26 Å². The van der Waals surface area contributed by atoms with Gasteiger partial charge in [0.2, 0.25) is 0 Å². The quantitative estimate of drug-likeness (QED) is 0.756. The molecule has 0 aliphatic heterocycles. The summed E-state index contributed by atoms with van der Waals surface area (Å²) in [5.41, 5.74) is 1.34. The highest BCUT2D eigenvalue weighted by molar-refractivity contribution is 6.35. The lowest BCUT2D eigenvalue weighted by atomic mass is 10.0. The molecule has 2 aromatic carbocycles. The molecular formula is C14H8ClNO. The Bertz CT molecular complexity index is 599. The fourth-order valence-electron chi connectivity index (χ4n) is 1.51. The van der Waals surface area contributed by atoms with Crippen LogP contribution in [0.25, 0.3) is 0 Å². The summed E-state index contributed by atoms with van der Waals surface area (Å²) < 4.78 is 0. The van der Waals surface area contributed by atoms with Crippen molar-refractivity contribution in [3.05, 3.63) is 70.2 Å². The summed E-state index contributed by atoms with van der Waals surface area (Å²) in [6, 6.07) is 15.5. The lowest BCUT2D eigenvalue weighted by molar-refractivity contribution is 0.103. The number of carbonyl (C=O) groups is 1. The molecule has 3 heteroatoms. The lowest BCUT2D eigenvalue weighted by Crippen LogP contribution is -2.02. The number of ketones is 1. The van der Waals surface area contributed by atoms with E-state index in [-0.39, 0.29) is 5.78 Å². The first-order valence-electron chi connectivity index (χ1n) is 5.02. The fraction of sp³-hybridized carbons (Fsp3) is 0.